The molecule has 2 atom stereocenters. The van der Waals surface area contributed by atoms with E-state index < -0.39 is 0 Å². The molecule has 1 aliphatic rings. The fourth-order valence-electron chi connectivity index (χ4n) is 3.14. The van der Waals surface area contributed by atoms with Crippen LogP contribution in [0.1, 0.15) is 45.9 Å². The first-order valence-electron chi connectivity index (χ1n) is 8.66. The highest BCUT2D eigenvalue weighted by molar-refractivity contribution is 7.71. The van der Waals surface area contributed by atoms with Crippen LogP contribution in [-0.4, -0.2) is 51.2 Å². The van der Waals surface area contributed by atoms with E-state index in [0.717, 1.165) is 37.7 Å². The van der Waals surface area contributed by atoms with E-state index in [1.54, 1.807) is 4.57 Å². The van der Waals surface area contributed by atoms with Gasteiger partial charge in [0.1, 0.15) is 12.4 Å². The Labute approximate surface area is 143 Å². The molecule has 1 aromatic rings. The Hall–Kier alpha value is -1.21. The lowest BCUT2D eigenvalue weighted by molar-refractivity contribution is -0.122. The Morgan fingerprint density at radius 3 is 3.04 bits per heavy atom. The van der Waals surface area contributed by atoms with Gasteiger partial charge < -0.3 is 5.32 Å². The number of hydrogen-bond donors (Lipinski definition) is 2. The summed E-state index contributed by atoms with van der Waals surface area (Å²) < 4.78 is 2.31. The molecule has 0 bridgehead atoms. The van der Waals surface area contributed by atoms with E-state index in [0.29, 0.717) is 17.4 Å². The summed E-state index contributed by atoms with van der Waals surface area (Å²) in [4.78, 5) is 14.7. The highest BCUT2D eigenvalue weighted by Crippen LogP contribution is 2.17. The van der Waals surface area contributed by atoms with Gasteiger partial charge in [-0.1, -0.05) is 13.8 Å². The Balaban J connectivity index is 1.83. The summed E-state index contributed by atoms with van der Waals surface area (Å²) in [7, 11) is 0. The number of piperidine rings is 1. The highest BCUT2D eigenvalue weighted by atomic mass is 32.1. The van der Waals surface area contributed by atoms with Crippen molar-refractivity contribution in [2.24, 2.45) is 5.92 Å². The predicted octanol–water partition coefficient (Wildman–Crippen LogP) is 2.13. The van der Waals surface area contributed by atoms with Gasteiger partial charge in [-0.2, -0.15) is 5.10 Å². The van der Waals surface area contributed by atoms with Gasteiger partial charge in [0.2, 0.25) is 5.91 Å². The summed E-state index contributed by atoms with van der Waals surface area (Å²) in [5, 5.41) is 10.0. The predicted molar refractivity (Wildman–Crippen MR) is 93.8 cm³/mol. The standard InChI is InChI=1S/C16H29N5OS/c1-4-6-14-18-19-16(23)21(14)11-15(22)17-9-13(3)20-8-5-7-12(2)10-20/h12-13H,4-11H2,1-3H3,(H,17,22)(H,19,23). The first kappa shape index (κ1) is 18.1. The molecule has 0 radical (unpaired) electrons. The van der Waals surface area contributed by atoms with E-state index in [1.807, 2.05) is 0 Å². The SMILES string of the molecule is CCCc1n[nH]c(=S)n1CC(=O)NCC(C)N1CCCC(C)C1. The quantitative estimate of drug-likeness (QED) is 0.747. The molecule has 6 nitrogen and oxygen atoms in total. The third-order valence-electron chi connectivity index (χ3n) is 4.52. The second kappa shape index (κ2) is 8.59. The zero-order valence-corrected chi connectivity index (χ0v) is 15.3. The van der Waals surface area contributed by atoms with Crippen LogP contribution in [0.25, 0.3) is 0 Å². The lowest BCUT2D eigenvalue weighted by Crippen LogP contribution is -2.46. The van der Waals surface area contributed by atoms with Crippen LogP contribution in [0, 0.1) is 10.7 Å². The van der Waals surface area contributed by atoms with Crippen LogP contribution >= 0.6 is 12.2 Å². The summed E-state index contributed by atoms with van der Waals surface area (Å²) in [6, 6.07) is 0.370. The van der Waals surface area contributed by atoms with Crippen LogP contribution < -0.4 is 5.32 Å². The lowest BCUT2D eigenvalue weighted by Gasteiger charge is -2.35. The van der Waals surface area contributed by atoms with E-state index >= 15 is 0 Å². The van der Waals surface area contributed by atoms with Crippen LogP contribution in [0.5, 0.6) is 0 Å². The fourth-order valence-corrected chi connectivity index (χ4v) is 3.36. The van der Waals surface area contributed by atoms with Gasteiger partial charge >= 0.3 is 0 Å². The van der Waals surface area contributed by atoms with Crippen molar-refractivity contribution < 1.29 is 4.79 Å². The number of carbonyl (C=O) groups excluding carboxylic acids is 1. The molecule has 0 aliphatic carbocycles. The molecule has 1 aromatic heterocycles. The van der Waals surface area contributed by atoms with Gasteiger partial charge in [0.05, 0.1) is 0 Å². The molecule has 2 rings (SSSR count). The molecule has 23 heavy (non-hydrogen) atoms. The molecular weight excluding hydrogens is 310 g/mol. The minimum absolute atomic E-state index is 0.00300. The van der Waals surface area contributed by atoms with Crippen molar-refractivity contribution in [3.8, 4) is 0 Å². The largest absolute Gasteiger partial charge is 0.353 e. The summed E-state index contributed by atoms with van der Waals surface area (Å²) in [5.41, 5.74) is 0. The van der Waals surface area contributed by atoms with E-state index in [4.69, 9.17) is 12.2 Å². The minimum atomic E-state index is -0.00300. The summed E-state index contributed by atoms with van der Waals surface area (Å²) in [6.07, 6.45) is 4.37. The number of nitrogens with one attached hydrogen (secondary N) is 2. The third-order valence-corrected chi connectivity index (χ3v) is 4.83. The van der Waals surface area contributed by atoms with E-state index in [2.05, 4.69) is 41.2 Å². The van der Waals surface area contributed by atoms with Crippen molar-refractivity contribution in [3.63, 3.8) is 0 Å². The lowest BCUT2D eigenvalue weighted by atomic mass is 9.99. The smallest absolute Gasteiger partial charge is 0.240 e. The number of likely N-dealkylation sites (tertiary alicyclic amines) is 1. The van der Waals surface area contributed by atoms with E-state index in [-0.39, 0.29) is 12.5 Å². The van der Waals surface area contributed by atoms with Gasteiger partial charge in [0, 0.05) is 25.6 Å². The number of H-pyrrole nitrogens is 1. The van der Waals surface area contributed by atoms with Crippen molar-refractivity contribution in [2.45, 2.75) is 59.0 Å². The van der Waals surface area contributed by atoms with Crippen molar-refractivity contribution in [1.82, 2.24) is 25.0 Å². The Bertz CT molecular complexity index is 567. The summed E-state index contributed by atoms with van der Waals surface area (Å²) in [6.45, 7) is 9.76. The first-order valence-corrected chi connectivity index (χ1v) is 9.07. The maximum absolute atomic E-state index is 12.2. The number of hydrogen-bond acceptors (Lipinski definition) is 4. The zero-order chi connectivity index (χ0) is 16.8. The van der Waals surface area contributed by atoms with Crippen LogP contribution in [0.2, 0.25) is 0 Å². The Morgan fingerprint density at radius 2 is 2.35 bits per heavy atom. The number of amides is 1. The van der Waals surface area contributed by atoms with Crippen LogP contribution in [0.15, 0.2) is 0 Å². The number of aromatic nitrogens is 3. The van der Waals surface area contributed by atoms with E-state index in [9.17, 15) is 4.79 Å². The number of aryl methyl sites for hydroxylation is 1. The molecule has 0 aromatic carbocycles. The molecule has 0 spiro atoms. The number of nitrogens with zero attached hydrogens (tertiary/aromatic N) is 3. The molecule has 1 aliphatic heterocycles. The molecule has 1 amide bonds. The Kier molecular flexibility index (Phi) is 6.77. The van der Waals surface area contributed by atoms with Crippen molar-refractivity contribution in [1.29, 1.82) is 0 Å². The molecule has 2 unspecified atom stereocenters. The van der Waals surface area contributed by atoms with Crippen molar-refractivity contribution >= 4 is 18.1 Å². The normalized spacial score (nSPS) is 20.4. The van der Waals surface area contributed by atoms with E-state index in [1.165, 1.54) is 12.8 Å². The van der Waals surface area contributed by atoms with Crippen molar-refractivity contribution in [2.75, 3.05) is 19.6 Å². The number of carbonyl (C=O) groups is 1. The molecule has 130 valence electrons. The highest BCUT2D eigenvalue weighted by Gasteiger charge is 2.21. The van der Waals surface area contributed by atoms with Gasteiger partial charge in [-0.05, 0) is 50.9 Å². The summed E-state index contributed by atoms with van der Waals surface area (Å²) >= 11 is 5.21. The van der Waals surface area contributed by atoms with Crippen LogP contribution in [-0.2, 0) is 17.8 Å². The molecule has 1 fully saturated rings. The van der Waals surface area contributed by atoms with Gasteiger partial charge in [-0.3, -0.25) is 19.4 Å². The molecule has 1 saturated heterocycles. The Morgan fingerprint density at radius 1 is 1.57 bits per heavy atom. The first-order chi connectivity index (χ1) is 11.0. The topological polar surface area (TPSA) is 66.0 Å². The third kappa shape index (κ3) is 5.14. The molecular formula is C16H29N5OS. The maximum atomic E-state index is 12.2. The fraction of sp³-hybridized carbons (Fsp3) is 0.812. The van der Waals surface area contributed by atoms with Gasteiger partial charge in [-0.15, -0.1) is 0 Å². The average molecular weight is 340 g/mol. The zero-order valence-electron chi connectivity index (χ0n) is 14.5. The molecule has 0 saturated carbocycles. The van der Waals surface area contributed by atoms with Gasteiger partial charge in [0.25, 0.3) is 0 Å². The van der Waals surface area contributed by atoms with Gasteiger partial charge in [-0.25, -0.2) is 0 Å². The second-order valence-electron chi connectivity index (χ2n) is 6.68. The number of aromatic amines is 1. The minimum Gasteiger partial charge on any atom is -0.353 e. The molecule has 7 heteroatoms. The van der Waals surface area contributed by atoms with Gasteiger partial charge in [0.15, 0.2) is 4.77 Å². The monoisotopic (exact) mass is 339 g/mol. The maximum Gasteiger partial charge on any atom is 0.240 e. The van der Waals surface area contributed by atoms with Crippen molar-refractivity contribution in [3.05, 3.63) is 10.6 Å². The molecule has 2 N–H and O–H groups in total. The second-order valence-corrected chi connectivity index (χ2v) is 7.06. The molecule has 2 heterocycles. The number of rotatable bonds is 7. The van der Waals surface area contributed by atoms with Crippen LogP contribution in [0.4, 0.5) is 0 Å². The summed E-state index contributed by atoms with van der Waals surface area (Å²) in [5.74, 6) is 1.60. The average Bonchev–Trinajstić information content (AvgIpc) is 2.86. The van der Waals surface area contributed by atoms with Crippen LogP contribution in [0.3, 0.4) is 0 Å².